The topological polar surface area (TPSA) is 81.1 Å². The van der Waals surface area contributed by atoms with Gasteiger partial charge in [0, 0.05) is 18.0 Å². The molecule has 7 nitrogen and oxygen atoms in total. The Kier molecular flexibility index (Phi) is 5.36. The van der Waals surface area contributed by atoms with Gasteiger partial charge >= 0.3 is 6.03 Å². The van der Waals surface area contributed by atoms with Crippen LogP contribution in [0.2, 0.25) is 0 Å². The van der Waals surface area contributed by atoms with Gasteiger partial charge in [-0.2, -0.15) is 5.10 Å². The summed E-state index contributed by atoms with van der Waals surface area (Å²) in [5.41, 5.74) is 2.50. The predicted molar refractivity (Wildman–Crippen MR) is 102 cm³/mol. The van der Waals surface area contributed by atoms with Gasteiger partial charge in [0.1, 0.15) is 5.75 Å². The van der Waals surface area contributed by atoms with Crippen molar-refractivity contribution in [1.29, 1.82) is 0 Å². The highest BCUT2D eigenvalue weighted by atomic mass is 16.5. The molecule has 0 atom stereocenters. The molecule has 0 aliphatic carbocycles. The largest absolute Gasteiger partial charge is 0.496 e. The van der Waals surface area contributed by atoms with E-state index in [4.69, 9.17) is 4.74 Å². The third-order valence-electron chi connectivity index (χ3n) is 4.05. The molecule has 1 aromatic carbocycles. The number of anilines is 1. The van der Waals surface area contributed by atoms with Gasteiger partial charge in [0.25, 0.3) is 0 Å². The normalized spacial score (nSPS) is 10.9. The zero-order chi connectivity index (χ0) is 18.5. The summed E-state index contributed by atoms with van der Waals surface area (Å²) in [5, 5.41) is 10.9. The summed E-state index contributed by atoms with van der Waals surface area (Å²) in [7, 11) is 1.64. The number of amides is 2. The highest BCUT2D eigenvalue weighted by Crippen LogP contribution is 2.19. The molecule has 26 heavy (non-hydrogen) atoms. The number of benzene rings is 1. The Labute approximate surface area is 152 Å². The van der Waals surface area contributed by atoms with Crippen LogP contribution >= 0.6 is 0 Å². The first-order valence-corrected chi connectivity index (χ1v) is 8.58. The molecule has 2 N–H and O–H groups in total. The van der Waals surface area contributed by atoms with Gasteiger partial charge < -0.3 is 15.4 Å². The van der Waals surface area contributed by atoms with Crippen molar-refractivity contribution in [2.75, 3.05) is 19.0 Å². The van der Waals surface area contributed by atoms with Gasteiger partial charge in [-0.05, 0) is 38.0 Å². The van der Waals surface area contributed by atoms with Gasteiger partial charge in [-0.25, -0.2) is 14.5 Å². The third-order valence-corrected chi connectivity index (χ3v) is 4.05. The standard InChI is InChI=1S/C19H23N5O2/c1-13(2)24-18-15(11-22-24)10-16(12-21-18)23-19(25)20-9-8-14-6-4-5-7-17(14)26-3/h4-7,10-13H,8-9H2,1-3H3,(H2,20,23,25). The monoisotopic (exact) mass is 353 g/mol. The molecule has 136 valence electrons. The quantitative estimate of drug-likeness (QED) is 0.712. The van der Waals surface area contributed by atoms with Gasteiger partial charge in [0.05, 0.1) is 25.2 Å². The van der Waals surface area contributed by atoms with Crippen molar-refractivity contribution >= 4 is 22.8 Å². The summed E-state index contributed by atoms with van der Waals surface area (Å²) in [6.45, 7) is 4.61. The van der Waals surface area contributed by atoms with Crippen molar-refractivity contribution < 1.29 is 9.53 Å². The lowest BCUT2D eigenvalue weighted by atomic mass is 10.1. The molecule has 0 saturated heterocycles. The van der Waals surface area contributed by atoms with E-state index in [0.717, 1.165) is 22.3 Å². The number of ether oxygens (including phenoxy) is 1. The van der Waals surface area contributed by atoms with Crippen LogP contribution in [0.4, 0.5) is 10.5 Å². The van der Waals surface area contributed by atoms with Crippen molar-refractivity contribution in [3.8, 4) is 5.75 Å². The Hall–Kier alpha value is -3.09. The number of para-hydroxylation sites is 1. The summed E-state index contributed by atoms with van der Waals surface area (Å²) in [6, 6.07) is 9.61. The lowest BCUT2D eigenvalue weighted by molar-refractivity contribution is 0.252. The number of urea groups is 1. The van der Waals surface area contributed by atoms with Crippen LogP contribution in [-0.2, 0) is 6.42 Å². The number of rotatable bonds is 6. The first kappa shape index (κ1) is 17.7. The van der Waals surface area contributed by atoms with E-state index in [1.165, 1.54) is 0 Å². The molecule has 3 aromatic rings. The van der Waals surface area contributed by atoms with Crippen molar-refractivity contribution in [2.24, 2.45) is 0 Å². The van der Waals surface area contributed by atoms with Crippen LogP contribution in [0.5, 0.6) is 5.75 Å². The number of nitrogens with zero attached hydrogens (tertiary/aromatic N) is 3. The van der Waals surface area contributed by atoms with E-state index < -0.39 is 0 Å². The second-order valence-electron chi connectivity index (χ2n) is 6.26. The van der Waals surface area contributed by atoms with Gasteiger partial charge in [-0.3, -0.25) is 0 Å². The van der Waals surface area contributed by atoms with E-state index in [1.807, 2.05) is 35.0 Å². The minimum atomic E-state index is -0.266. The third kappa shape index (κ3) is 3.93. The van der Waals surface area contributed by atoms with Crippen LogP contribution < -0.4 is 15.4 Å². The highest BCUT2D eigenvalue weighted by Gasteiger charge is 2.09. The van der Waals surface area contributed by atoms with Crippen molar-refractivity contribution in [3.05, 3.63) is 48.3 Å². The molecule has 0 spiro atoms. The van der Waals surface area contributed by atoms with Gasteiger partial charge in [0.15, 0.2) is 5.65 Å². The molecule has 2 heterocycles. The van der Waals surface area contributed by atoms with Crippen molar-refractivity contribution in [1.82, 2.24) is 20.1 Å². The zero-order valence-corrected chi connectivity index (χ0v) is 15.2. The molecule has 3 rings (SSSR count). The molecule has 2 amide bonds. The van der Waals surface area contributed by atoms with E-state index in [1.54, 1.807) is 19.5 Å². The number of hydrogen-bond donors (Lipinski definition) is 2. The first-order chi connectivity index (χ1) is 12.6. The first-order valence-electron chi connectivity index (χ1n) is 8.58. The Morgan fingerprint density at radius 2 is 2.08 bits per heavy atom. The molecule has 0 radical (unpaired) electrons. The molecular formula is C19H23N5O2. The van der Waals surface area contributed by atoms with Crippen LogP contribution in [0.1, 0.15) is 25.5 Å². The predicted octanol–water partition coefficient (Wildman–Crippen LogP) is 3.39. The molecule has 0 aliphatic heterocycles. The SMILES string of the molecule is COc1ccccc1CCNC(=O)Nc1cnc2c(cnn2C(C)C)c1. The minimum absolute atomic E-state index is 0.233. The molecule has 0 aliphatic rings. The van der Waals surface area contributed by atoms with E-state index in [2.05, 4.69) is 34.6 Å². The summed E-state index contributed by atoms with van der Waals surface area (Å²) in [6.07, 6.45) is 4.09. The van der Waals surface area contributed by atoms with Crippen LogP contribution in [0.25, 0.3) is 11.0 Å². The van der Waals surface area contributed by atoms with Crippen molar-refractivity contribution in [2.45, 2.75) is 26.3 Å². The number of carbonyl (C=O) groups excluding carboxylic acids is 1. The number of pyridine rings is 1. The molecule has 0 unspecified atom stereocenters. The summed E-state index contributed by atoms with van der Waals surface area (Å²) in [5.74, 6) is 0.825. The Morgan fingerprint density at radius 3 is 2.85 bits per heavy atom. The molecule has 7 heteroatoms. The fourth-order valence-electron chi connectivity index (χ4n) is 2.78. The Morgan fingerprint density at radius 1 is 1.27 bits per heavy atom. The number of hydrogen-bond acceptors (Lipinski definition) is 4. The maximum atomic E-state index is 12.1. The minimum Gasteiger partial charge on any atom is -0.496 e. The van der Waals surface area contributed by atoms with Crippen LogP contribution in [-0.4, -0.2) is 34.5 Å². The van der Waals surface area contributed by atoms with Gasteiger partial charge in [-0.15, -0.1) is 0 Å². The lowest BCUT2D eigenvalue weighted by Gasteiger charge is -2.10. The fourth-order valence-corrected chi connectivity index (χ4v) is 2.78. The van der Waals surface area contributed by atoms with E-state index in [0.29, 0.717) is 18.7 Å². The Balaban J connectivity index is 1.57. The lowest BCUT2D eigenvalue weighted by Crippen LogP contribution is -2.30. The smallest absolute Gasteiger partial charge is 0.319 e. The molecule has 2 aromatic heterocycles. The van der Waals surface area contributed by atoms with Gasteiger partial charge in [-0.1, -0.05) is 18.2 Å². The summed E-state index contributed by atoms with van der Waals surface area (Å²) >= 11 is 0. The fraction of sp³-hybridized carbons (Fsp3) is 0.316. The maximum Gasteiger partial charge on any atom is 0.319 e. The number of aromatic nitrogens is 3. The molecule has 0 fully saturated rings. The van der Waals surface area contributed by atoms with Crippen LogP contribution in [0, 0.1) is 0 Å². The van der Waals surface area contributed by atoms with Crippen LogP contribution in [0.3, 0.4) is 0 Å². The van der Waals surface area contributed by atoms with E-state index in [-0.39, 0.29) is 12.1 Å². The summed E-state index contributed by atoms with van der Waals surface area (Å²) in [4.78, 5) is 16.5. The van der Waals surface area contributed by atoms with Gasteiger partial charge in [0.2, 0.25) is 0 Å². The summed E-state index contributed by atoms with van der Waals surface area (Å²) < 4.78 is 7.17. The number of methoxy groups -OCH3 is 1. The van der Waals surface area contributed by atoms with E-state index >= 15 is 0 Å². The molecular weight excluding hydrogens is 330 g/mol. The average molecular weight is 353 g/mol. The molecule has 0 bridgehead atoms. The zero-order valence-electron chi connectivity index (χ0n) is 15.2. The second kappa shape index (κ2) is 7.86. The number of nitrogens with one attached hydrogen (secondary N) is 2. The number of carbonyl (C=O) groups is 1. The maximum absolute atomic E-state index is 12.1. The Bertz CT molecular complexity index is 904. The highest BCUT2D eigenvalue weighted by molar-refractivity contribution is 5.91. The average Bonchev–Trinajstić information content (AvgIpc) is 3.05. The van der Waals surface area contributed by atoms with E-state index in [9.17, 15) is 4.79 Å². The molecule has 0 saturated carbocycles. The van der Waals surface area contributed by atoms with Crippen LogP contribution in [0.15, 0.2) is 42.7 Å². The van der Waals surface area contributed by atoms with Crippen molar-refractivity contribution in [3.63, 3.8) is 0 Å². The second-order valence-corrected chi connectivity index (χ2v) is 6.26. The number of fused-ring (bicyclic) bond motifs is 1.